The van der Waals surface area contributed by atoms with E-state index in [9.17, 15) is 0 Å². The highest BCUT2D eigenvalue weighted by molar-refractivity contribution is 9.10. The van der Waals surface area contributed by atoms with E-state index in [2.05, 4.69) is 51.2 Å². The van der Waals surface area contributed by atoms with Gasteiger partial charge in [0, 0.05) is 17.6 Å². The first-order valence-corrected chi connectivity index (χ1v) is 8.56. The molecule has 1 heterocycles. The number of nitrogens with zero attached hydrogens (tertiary/aromatic N) is 1. The lowest BCUT2D eigenvalue weighted by atomic mass is 9.96. The van der Waals surface area contributed by atoms with E-state index in [4.69, 9.17) is 11.5 Å². The van der Waals surface area contributed by atoms with Crippen LogP contribution in [0.4, 0.5) is 11.4 Å². The Hall–Kier alpha value is -1.52. The Morgan fingerprint density at radius 1 is 1.09 bits per heavy atom. The molecule has 2 aromatic carbocycles. The number of fused-ring (bicyclic) bond motifs is 1. The summed E-state index contributed by atoms with van der Waals surface area (Å²) in [4.78, 5) is 2.51. The molecule has 0 unspecified atom stereocenters. The van der Waals surface area contributed by atoms with Crippen LogP contribution in [0.25, 0.3) is 0 Å². The monoisotopic (exact) mass is 359 g/mol. The molecule has 0 aliphatic carbocycles. The van der Waals surface area contributed by atoms with Gasteiger partial charge in [0.05, 0.1) is 11.4 Å². The fraction of sp³-hybridized carbons (Fsp3) is 0.333. The summed E-state index contributed by atoms with van der Waals surface area (Å²) in [5, 5.41) is 0. The Bertz CT molecular complexity index is 655. The summed E-state index contributed by atoms with van der Waals surface area (Å²) in [5.74, 6) is 0. The van der Waals surface area contributed by atoms with Crippen LogP contribution in [0.15, 0.2) is 40.9 Å². The highest BCUT2D eigenvalue weighted by Gasteiger charge is 2.21. The second-order valence-electron chi connectivity index (χ2n) is 5.93. The second-order valence-corrected chi connectivity index (χ2v) is 6.79. The van der Waals surface area contributed by atoms with Crippen molar-refractivity contribution in [2.75, 3.05) is 24.6 Å². The van der Waals surface area contributed by atoms with Gasteiger partial charge in [-0.05, 0) is 48.6 Å². The van der Waals surface area contributed by atoms with Gasteiger partial charge in [-0.3, -0.25) is 4.90 Å². The lowest BCUT2D eigenvalue weighted by Gasteiger charge is -2.30. The quantitative estimate of drug-likeness (QED) is 0.819. The zero-order valence-corrected chi connectivity index (χ0v) is 14.3. The molecule has 22 heavy (non-hydrogen) atoms. The minimum absolute atomic E-state index is 0.683. The van der Waals surface area contributed by atoms with Gasteiger partial charge in [-0.1, -0.05) is 46.3 Å². The summed E-state index contributed by atoms with van der Waals surface area (Å²) < 4.78 is 1.09. The number of hydrogen-bond acceptors (Lipinski definition) is 3. The maximum Gasteiger partial charge on any atom is 0.0584 e. The summed E-state index contributed by atoms with van der Waals surface area (Å²) in [5.41, 5.74) is 17.5. The SMILES string of the molecule is Nc1cc(Br)c2c(c1N)CCN(CCCc1ccccc1)C2. The molecule has 0 amide bonds. The lowest BCUT2D eigenvalue weighted by Crippen LogP contribution is -2.32. The molecule has 0 spiro atoms. The Labute approximate surface area is 140 Å². The van der Waals surface area contributed by atoms with Crippen LogP contribution in [0.2, 0.25) is 0 Å². The van der Waals surface area contributed by atoms with E-state index >= 15 is 0 Å². The summed E-state index contributed by atoms with van der Waals surface area (Å²) >= 11 is 3.64. The molecule has 3 rings (SSSR count). The molecule has 0 saturated carbocycles. The van der Waals surface area contributed by atoms with Crippen molar-refractivity contribution in [1.29, 1.82) is 0 Å². The molecular formula is C18H22BrN3. The van der Waals surface area contributed by atoms with E-state index in [-0.39, 0.29) is 0 Å². The standard InChI is InChI=1S/C18H22BrN3/c19-16-11-17(20)18(21)14-8-10-22(12-15(14)16)9-4-7-13-5-2-1-3-6-13/h1-3,5-6,11H,4,7-10,12,20-21H2. The maximum absolute atomic E-state index is 6.13. The number of rotatable bonds is 4. The highest BCUT2D eigenvalue weighted by Crippen LogP contribution is 2.34. The molecule has 4 heteroatoms. The summed E-state index contributed by atoms with van der Waals surface area (Å²) in [6, 6.07) is 12.6. The average Bonchev–Trinajstić information content (AvgIpc) is 2.54. The first-order valence-electron chi connectivity index (χ1n) is 7.76. The molecule has 2 aromatic rings. The van der Waals surface area contributed by atoms with Crippen molar-refractivity contribution < 1.29 is 0 Å². The predicted molar refractivity (Wildman–Crippen MR) is 96.7 cm³/mol. The van der Waals surface area contributed by atoms with Gasteiger partial charge in [0.15, 0.2) is 0 Å². The zero-order valence-electron chi connectivity index (χ0n) is 12.7. The van der Waals surface area contributed by atoms with E-state index in [1.165, 1.54) is 23.1 Å². The number of anilines is 2. The molecule has 4 N–H and O–H groups in total. The predicted octanol–water partition coefficient (Wildman–Crippen LogP) is 3.60. The summed E-state index contributed by atoms with van der Waals surface area (Å²) in [6.07, 6.45) is 3.30. The molecule has 0 aromatic heterocycles. The van der Waals surface area contributed by atoms with Gasteiger partial charge in [-0.25, -0.2) is 0 Å². The first-order chi connectivity index (χ1) is 10.6. The van der Waals surface area contributed by atoms with Gasteiger partial charge in [0.2, 0.25) is 0 Å². The first kappa shape index (κ1) is 15.4. The van der Waals surface area contributed by atoms with Crippen LogP contribution in [0.1, 0.15) is 23.1 Å². The summed E-state index contributed by atoms with van der Waals surface area (Å²) in [7, 11) is 0. The van der Waals surface area contributed by atoms with Gasteiger partial charge in [-0.2, -0.15) is 0 Å². The Kier molecular flexibility index (Phi) is 4.69. The van der Waals surface area contributed by atoms with Crippen molar-refractivity contribution in [2.45, 2.75) is 25.8 Å². The third-order valence-corrected chi connectivity index (χ3v) is 5.12. The fourth-order valence-corrected chi connectivity index (χ4v) is 3.77. The van der Waals surface area contributed by atoms with Crippen molar-refractivity contribution in [2.24, 2.45) is 0 Å². The number of benzene rings is 2. The van der Waals surface area contributed by atoms with Crippen molar-refractivity contribution in [3.63, 3.8) is 0 Å². The molecule has 0 saturated heterocycles. The molecule has 116 valence electrons. The number of nitrogens with two attached hydrogens (primary N) is 2. The van der Waals surface area contributed by atoms with Gasteiger partial charge < -0.3 is 11.5 Å². The van der Waals surface area contributed by atoms with Gasteiger partial charge in [0.1, 0.15) is 0 Å². The second kappa shape index (κ2) is 6.71. The molecule has 0 fully saturated rings. The number of halogens is 1. The topological polar surface area (TPSA) is 55.3 Å². The van der Waals surface area contributed by atoms with Crippen molar-refractivity contribution in [1.82, 2.24) is 4.90 Å². The molecule has 1 aliphatic rings. The minimum atomic E-state index is 0.683. The smallest absolute Gasteiger partial charge is 0.0584 e. The Balaban J connectivity index is 1.61. The fourth-order valence-electron chi connectivity index (χ4n) is 3.15. The molecule has 3 nitrogen and oxygen atoms in total. The van der Waals surface area contributed by atoms with E-state index in [0.29, 0.717) is 5.69 Å². The van der Waals surface area contributed by atoms with Crippen LogP contribution < -0.4 is 11.5 Å². The van der Waals surface area contributed by atoms with Crippen LogP contribution >= 0.6 is 15.9 Å². The average molecular weight is 360 g/mol. The van der Waals surface area contributed by atoms with Crippen LogP contribution in [0.3, 0.4) is 0 Å². The van der Waals surface area contributed by atoms with E-state index in [0.717, 1.165) is 42.6 Å². The van der Waals surface area contributed by atoms with Crippen LogP contribution in [0.5, 0.6) is 0 Å². The van der Waals surface area contributed by atoms with Crippen molar-refractivity contribution in [3.05, 3.63) is 57.6 Å². The number of hydrogen-bond donors (Lipinski definition) is 2. The van der Waals surface area contributed by atoms with Crippen LogP contribution in [0, 0.1) is 0 Å². The molecule has 1 aliphatic heterocycles. The molecule has 0 radical (unpaired) electrons. The van der Waals surface area contributed by atoms with E-state index in [1.54, 1.807) is 0 Å². The highest BCUT2D eigenvalue weighted by atomic mass is 79.9. The van der Waals surface area contributed by atoms with Crippen molar-refractivity contribution >= 4 is 27.3 Å². The van der Waals surface area contributed by atoms with Gasteiger partial charge in [0.25, 0.3) is 0 Å². The molecule has 0 atom stereocenters. The minimum Gasteiger partial charge on any atom is -0.397 e. The normalized spacial score (nSPS) is 14.8. The van der Waals surface area contributed by atoms with Crippen LogP contribution in [-0.2, 0) is 19.4 Å². The zero-order chi connectivity index (χ0) is 15.5. The Morgan fingerprint density at radius 2 is 1.86 bits per heavy atom. The largest absolute Gasteiger partial charge is 0.397 e. The molecular weight excluding hydrogens is 338 g/mol. The van der Waals surface area contributed by atoms with Gasteiger partial charge in [-0.15, -0.1) is 0 Å². The van der Waals surface area contributed by atoms with Gasteiger partial charge >= 0.3 is 0 Å². The Morgan fingerprint density at radius 3 is 2.64 bits per heavy atom. The van der Waals surface area contributed by atoms with E-state index in [1.807, 2.05) is 6.07 Å². The third kappa shape index (κ3) is 3.28. The number of nitrogen functional groups attached to an aromatic ring is 2. The summed E-state index contributed by atoms with van der Waals surface area (Å²) in [6.45, 7) is 3.13. The van der Waals surface area contributed by atoms with Crippen LogP contribution in [-0.4, -0.2) is 18.0 Å². The molecule has 0 bridgehead atoms. The number of aryl methyl sites for hydroxylation is 1. The van der Waals surface area contributed by atoms with E-state index < -0.39 is 0 Å². The van der Waals surface area contributed by atoms with Crippen molar-refractivity contribution in [3.8, 4) is 0 Å². The maximum atomic E-state index is 6.13. The lowest BCUT2D eigenvalue weighted by molar-refractivity contribution is 0.251. The third-order valence-electron chi connectivity index (χ3n) is 4.41.